The molecule has 2 unspecified atom stereocenters. The quantitative estimate of drug-likeness (QED) is 0.865. The van der Waals surface area contributed by atoms with Crippen LogP contribution in [0.3, 0.4) is 0 Å². The Labute approximate surface area is 115 Å². The van der Waals surface area contributed by atoms with E-state index in [9.17, 15) is 8.42 Å². The van der Waals surface area contributed by atoms with E-state index in [2.05, 4.69) is 6.92 Å². The summed E-state index contributed by atoms with van der Waals surface area (Å²) in [6, 6.07) is 7.25. The number of sulfonamides is 1. The van der Waals surface area contributed by atoms with E-state index in [1.54, 1.807) is 16.4 Å². The number of nitrogen functional groups attached to an aromatic ring is 1. The van der Waals surface area contributed by atoms with Gasteiger partial charge in [0.1, 0.15) is 0 Å². The second-order valence-corrected chi connectivity index (χ2v) is 7.47. The zero-order chi connectivity index (χ0) is 14.0. The molecule has 1 aliphatic heterocycles. The van der Waals surface area contributed by atoms with Gasteiger partial charge in [0.05, 0.1) is 5.75 Å². The van der Waals surface area contributed by atoms with Crippen molar-refractivity contribution in [1.82, 2.24) is 4.31 Å². The molecule has 1 aromatic carbocycles. The lowest BCUT2D eigenvalue weighted by molar-refractivity contribution is 0.220. The second-order valence-electron chi connectivity index (χ2n) is 5.54. The highest BCUT2D eigenvalue weighted by Crippen LogP contribution is 2.27. The number of anilines is 1. The third kappa shape index (κ3) is 3.28. The van der Waals surface area contributed by atoms with Crippen LogP contribution in [-0.4, -0.2) is 25.3 Å². The van der Waals surface area contributed by atoms with Gasteiger partial charge in [-0.3, -0.25) is 0 Å². The van der Waals surface area contributed by atoms with Crippen molar-refractivity contribution in [2.75, 3.05) is 12.3 Å². The maximum absolute atomic E-state index is 12.5. The van der Waals surface area contributed by atoms with Crippen LogP contribution in [0.2, 0.25) is 0 Å². The first-order valence-electron chi connectivity index (χ1n) is 6.73. The van der Waals surface area contributed by atoms with Crippen molar-refractivity contribution in [3.05, 3.63) is 29.8 Å². The number of hydrogen-bond donors (Lipinski definition) is 1. The highest BCUT2D eigenvalue weighted by molar-refractivity contribution is 7.88. The molecule has 1 heterocycles. The van der Waals surface area contributed by atoms with Crippen molar-refractivity contribution in [3.63, 3.8) is 0 Å². The predicted octanol–water partition coefficient (Wildman–Crippen LogP) is 2.22. The summed E-state index contributed by atoms with van der Waals surface area (Å²) in [6.07, 6.45) is 1.87. The molecule has 2 N–H and O–H groups in total. The number of para-hydroxylation sites is 1. The molecule has 0 amide bonds. The van der Waals surface area contributed by atoms with E-state index in [4.69, 9.17) is 5.73 Å². The van der Waals surface area contributed by atoms with Gasteiger partial charge in [0.25, 0.3) is 0 Å². The van der Waals surface area contributed by atoms with Crippen LogP contribution in [0.15, 0.2) is 24.3 Å². The highest BCUT2D eigenvalue weighted by Gasteiger charge is 2.32. The number of hydrogen-bond acceptors (Lipinski definition) is 3. The highest BCUT2D eigenvalue weighted by atomic mass is 32.2. The van der Waals surface area contributed by atoms with Crippen LogP contribution in [0.1, 0.15) is 32.3 Å². The number of rotatable bonds is 3. The fourth-order valence-electron chi connectivity index (χ4n) is 2.74. The van der Waals surface area contributed by atoms with Crippen LogP contribution >= 0.6 is 0 Å². The Bertz CT molecular complexity index is 542. The van der Waals surface area contributed by atoms with Crippen molar-refractivity contribution in [3.8, 4) is 0 Å². The van der Waals surface area contributed by atoms with E-state index in [1.807, 2.05) is 19.1 Å². The Kier molecular flexibility index (Phi) is 4.16. The Morgan fingerprint density at radius 2 is 2.00 bits per heavy atom. The SMILES string of the molecule is CC1CCN(S(=O)(=O)Cc2ccccc2N)C(C)C1. The topological polar surface area (TPSA) is 63.4 Å². The molecule has 2 rings (SSSR count). The Balaban J connectivity index is 2.17. The van der Waals surface area contributed by atoms with E-state index in [0.717, 1.165) is 12.8 Å². The predicted molar refractivity (Wildman–Crippen MR) is 78.0 cm³/mol. The molecule has 0 aliphatic carbocycles. The Morgan fingerprint density at radius 3 is 2.63 bits per heavy atom. The van der Waals surface area contributed by atoms with Crippen LogP contribution in [0.4, 0.5) is 5.69 Å². The summed E-state index contributed by atoms with van der Waals surface area (Å²) in [5.74, 6) is 0.599. The number of benzene rings is 1. The van der Waals surface area contributed by atoms with Crippen molar-refractivity contribution >= 4 is 15.7 Å². The Hall–Kier alpha value is -1.07. The lowest BCUT2D eigenvalue weighted by Crippen LogP contribution is -2.44. The lowest BCUT2D eigenvalue weighted by atomic mass is 9.95. The van der Waals surface area contributed by atoms with Gasteiger partial charge in [-0.2, -0.15) is 4.31 Å². The molecule has 1 saturated heterocycles. The molecule has 0 aromatic heterocycles. The van der Waals surface area contributed by atoms with Gasteiger partial charge in [0, 0.05) is 18.3 Å². The molecule has 1 aromatic rings. The van der Waals surface area contributed by atoms with Crippen LogP contribution in [0, 0.1) is 5.92 Å². The summed E-state index contributed by atoms with van der Waals surface area (Å²) < 4.78 is 26.6. The minimum absolute atomic E-state index is 0.00159. The van der Waals surface area contributed by atoms with Crippen LogP contribution in [0.25, 0.3) is 0 Å². The lowest BCUT2D eigenvalue weighted by Gasteiger charge is -2.35. The first-order chi connectivity index (χ1) is 8.90. The third-order valence-corrected chi connectivity index (χ3v) is 5.76. The van der Waals surface area contributed by atoms with Crippen molar-refractivity contribution in [1.29, 1.82) is 0 Å². The first kappa shape index (κ1) is 14.3. The van der Waals surface area contributed by atoms with Crippen molar-refractivity contribution in [2.45, 2.75) is 38.5 Å². The molecule has 19 heavy (non-hydrogen) atoms. The fourth-order valence-corrected chi connectivity index (χ4v) is 4.58. The summed E-state index contributed by atoms with van der Waals surface area (Å²) in [7, 11) is -3.28. The summed E-state index contributed by atoms with van der Waals surface area (Å²) in [4.78, 5) is 0. The average Bonchev–Trinajstić information content (AvgIpc) is 2.31. The summed E-state index contributed by atoms with van der Waals surface area (Å²) in [5.41, 5.74) is 7.06. The zero-order valence-electron chi connectivity index (χ0n) is 11.5. The molecular weight excluding hydrogens is 260 g/mol. The molecule has 1 aliphatic rings. The van der Waals surface area contributed by atoms with Crippen LogP contribution in [-0.2, 0) is 15.8 Å². The molecule has 1 fully saturated rings. The number of nitrogens with zero attached hydrogens (tertiary/aromatic N) is 1. The number of piperidine rings is 1. The monoisotopic (exact) mass is 282 g/mol. The minimum Gasteiger partial charge on any atom is -0.398 e. The van der Waals surface area contributed by atoms with Crippen LogP contribution in [0.5, 0.6) is 0 Å². The number of nitrogens with two attached hydrogens (primary N) is 1. The van der Waals surface area contributed by atoms with E-state index in [1.165, 1.54) is 0 Å². The maximum atomic E-state index is 12.5. The zero-order valence-corrected chi connectivity index (χ0v) is 12.4. The molecule has 0 bridgehead atoms. The van der Waals surface area contributed by atoms with Gasteiger partial charge in [-0.05, 0) is 37.3 Å². The van der Waals surface area contributed by atoms with Gasteiger partial charge >= 0.3 is 0 Å². The molecule has 0 spiro atoms. The minimum atomic E-state index is -3.28. The van der Waals surface area contributed by atoms with Gasteiger partial charge in [-0.25, -0.2) is 8.42 Å². The molecule has 5 heteroatoms. The summed E-state index contributed by atoms with van der Waals surface area (Å²) in [6.45, 7) is 4.79. The van der Waals surface area contributed by atoms with Crippen molar-refractivity contribution < 1.29 is 8.42 Å². The van der Waals surface area contributed by atoms with Crippen molar-refractivity contribution in [2.24, 2.45) is 5.92 Å². The smallest absolute Gasteiger partial charge is 0.218 e. The van der Waals surface area contributed by atoms with Gasteiger partial charge in [0.2, 0.25) is 10.0 Å². The largest absolute Gasteiger partial charge is 0.398 e. The molecular formula is C14H22N2O2S. The molecule has 4 nitrogen and oxygen atoms in total. The molecule has 106 valence electrons. The van der Waals surface area contributed by atoms with Gasteiger partial charge in [0.15, 0.2) is 0 Å². The van der Waals surface area contributed by atoms with Crippen LogP contribution < -0.4 is 5.73 Å². The third-order valence-electron chi connectivity index (χ3n) is 3.83. The molecule has 0 saturated carbocycles. The molecule has 0 radical (unpaired) electrons. The standard InChI is InChI=1S/C14H22N2O2S/c1-11-7-8-16(12(2)9-11)19(17,18)10-13-5-3-4-6-14(13)15/h3-6,11-12H,7-10,15H2,1-2H3. The van der Waals surface area contributed by atoms with E-state index < -0.39 is 10.0 Å². The summed E-state index contributed by atoms with van der Waals surface area (Å²) >= 11 is 0. The summed E-state index contributed by atoms with van der Waals surface area (Å²) in [5, 5.41) is 0. The normalized spacial score (nSPS) is 25.4. The maximum Gasteiger partial charge on any atom is 0.218 e. The van der Waals surface area contributed by atoms with Gasteiger partial charge < -0.3 is 5.73 Å². The van der Waals surface area contributed by atoms with Gasteiger partial charge in [-0.1, -0.05) is 25.1 Å². The second kappa shape index (κ2) is 5.51. The fraction of sp³-hybridized carbons (Fsp3) is 0.571. The van der Waals surface area contributed by atoms with E-state index in [0.29, 0.717) is 23.7 Å². The Morgan fingerprint density at radius 1 is 1.32 bits per heavy atom. The first-order valence-corrected chi connectivity index (χ1v) is 8.34. The van der Waals surface area contributed by atoms with E-state index in [-0.39, 0.29) is 11.8 Å². The van der Waals surface area contributed by atoms with E-state index >= 15 is 0 Å². The average molecular weight is 282 g/mol. The molecule has 2 atom stereocenters. The van der Waals surface area contributed by atoms with Gasteiger partial charge in [-0.15, -0.1) is 0 Å².